The molecule has 0 aliphatic carbocycles. The lowest BCUT2D eigenvalue weighted by Crippen LogP contribution is -2.30. The number of piperidine rings is 1. The largest absolute Gasteiger partial charge is 0.493 e. The predicted molar refractivity (Wildman–Crippen MR) is 124 cm³/mol. The summed E-state index contributed by atoms with van der Waals surface area (Å²) in [5, 5.41) is 5.76. The molecule has 0 aromatic heterocycles. The average molecular weight is 441 g/mol. The molecular formula is C24H32N4O4. The van der Waals surface area contributed by atoms with Crippen LogP contribution in [0.2, 0.25) is 0 Å². The molecule has 0 radical (unpaired) electrons. The van der Waals surface area contributed by atoms with Crippen molar-refractivity contribution >= 4 is 17.5 Å². The molecule has 1 aliphatic rings. The van der Waals surface area contributed by atoms with E-state index in [-0.39, 0.29) is 11.8 Å². The Morgan fingerprint density at radius 3 is 2.31 bits per heavy atom. The summed E-state index contributed by atoms with van der Waals surface area (Å²) in [4.78, 5) is 27.9. The van der Waals surface area contributed by atoms with Crippen LogP contribution in [0.4, 0.5) is 5.69 Å². The minimum absolute atomic E-state index is 0.221. The van der Waals surface area contributed by atoms with Crippen molar-refractivity contribution in [2.45, 2.75) is 25.8 Å². The number of methoxy groups -OCH3 is 2. The van der Waals surface area contributed by atoms with Gasteiger partial charge in [0.15, 0.2) is 11.5 Å². The van der Waals surface area contributed by atoms with Crippen molar-refractivity contribution < 1.29 is 19.1 Å². The van der Waals surface area contributed by atoms with Gasteiger partial charge in [-0.25, -0.2) is 0 Å². The Morgan fingerprint density at radius 2 is 1.62 bits per heavy atom. The van der Waals surface area contributed by atoms with Gasteiger partial charge in [0.2, 0.25) is 0 Å². The van der Waals surface area contributed by atoms with Crippen LogP contribution < -0.4 is 25.8 Å². The summed E-state index contributed by atoms with van der Waals surface area (Å²) in [5.74, 6) is 0.518. The van der Waals surface area contributed by atoms with E-state index in [1.165, 1.54) is 26.4 Å². The van der Waals surface area contributed by atoms with Gasteiger partial charge in [-0.3, -0.25) is 14.5 Å². The van der Waals surface area contributed by atoms with E-state index in [4.69, 9.17) is 15.2 Å². The SMILES string of the molecule is COc1ccc(C(=O)Nc2cc(C(=O)NCCN)ccc2CN2CCCCC2)cc1OC. The number of anilines is 1. The van der Waals surface area contributed by atoms with E-state index in [1.54, 1.807) is 37.4 Å². The van der Waals surface area contributed by atoms with Gasteiger partial charge in [0.25, 0.3) is 11.8 Å². The average Bonchev–Trinajstić information content (AvgIpc) is 2.83. The van der Waals surface area contributed by atoms with Gasteiger partial charge in [-0.1, -0.05) is 12.5 Å². The smallest absolute Gasteiger partial charge is 0.255 e. The zero-order chi connectivity index (χ0) is 22.9. The lowest BCUT2D eigenvalue weighted by atomic mass is 10.0. The number of ether oxygens (including phenoxy) is 2. The topological polar surface area (TPSA) is 106 Å². The normalized spacial score (nSPS) is 14.0. The van der Waals surface area contributed by atoms with Crippen LogP contribution in [-0.4, -0.2) is 57.1 Å². The third-order valence-corrected chi connectivity index (χ3v) is 5.54. The number of nitrogens with two attached hydrogens (primary N) is 1. The van der Waals surface area contributed by atoms with E-state index in [0.29, 0.717) is 47.9 Å². The van der Waals surface area contributed by atoms with Crippen LogP contribution >= 0.6 is 0 Å². The van der Waals surface area contributed by atoms with Crippen molar-refractivity contribution in [3.63, 3.8) is 0 Å². The highest BCUT2D eigenvalue weighted by Crippen LogP contribution is 2.28. The number of benzene rings is 2. The first-order valence-corrected chi connectivity index (χ1v) is 10.9. The lowest BCUT2D eigenvalue weighted by Gasteiger charge is -2.27. The molecule has 2 amide bonds. The lowest BCUT2D eigenvalue weighted by molar-refractivity contribution is 0.0953. The van der Waals surface area contributed by atoms with E-state index in [2.05, 4.69) is 15.5 Å². The fourth-order valence-corrected chi connectivity index (χ4v) is 3.79. The van der Waals surface area contributed by atoms with Crippen LogP contribution in [-0.2, 0) is 6.54 Å². The van der Waals surface area contributed by atoms with Crippen molar-refractivity contribution in [3.8, 4) is 11.5 Å². The van der Waals surface area contributed by atoms with Crippen LogP contribution in [0, 0.1) is 0 Å². The highest BCUT2D eigenvalue weighted by atomic mass is 16.5. The molecule has 0 bridgehead atoms. The number of hydrogen-bond acceptors (Lipinski definition) is 6. The molecule has 1 aliphatic heterocycles. The van der Waals surface area contributed by atoms with Gasteiger partial charge in [-0.2, -0.15) is 0 Å². The first-order chi connectivity index (χ1) is 15.5. The van der Waals surface area contributed by atoms with E-state index in [1.807, 2.05) is 6.07 Å². The zero-order valence-corrected chi connectivity index (χ0v) is 18.8. The van der Waals surface area contributed by atoms with Gasteiger partial charge in [0.05, 0.1) is 14.2 Å². The Labute approximate surface area is 189 Å². The second kappa shape index (κ2) is 11.5. The standard InChI is InChI=1S/C24H32N4O4/c1-31-21-9-8-18(15-22(21)32-2)24(30)27-20-14-17(23(29)26-11-10-25)6-7-19(20)16-28-12-4-3-5-13-28/h6-9,14-15H,3-5,10-13,16,25H2,1-2H3,(H,26,29)(H,27,30). The Hall–Kier alpha value is -3.10. The van der Waals surface area contributed by atoms with E-state index < -0.39 is 0 Å². The summed E-state index contributed by atoms with van der Waals surface area (Å²) in [5.41, 5.74) is 7.99. The number of rotatable bonds is 9. The van der Waals surface area contributed by atoms with E-state index in [9.17, 15) is 9.59 Å². The maximum absolute atomic E-state index is 13.0. The van der Waals surface area contributed by atoms with E-state index in [0.717, 1.165) is 18.7 Å². The monoisotopic (exact) mass is 440 g/mol. The van der Waals surface area contributed by atoms with Crippen LogP contribution in [0.1, 0.15) is 45.5 Å². The molecule has 0 atom stereocenters. The van der Waals surface area contributed by atoms with Crippen molar-refractivity contribution in [2.24, 2.45) is 5.73 Å². The number of nitrogens with zero attached hydrogens (tertiary/aromatic N) is 1. The Balaban J connectivity index is 1.86. The Kier molecular flexibility index (Phi) is 8.47. The maximum atomic E-state index is 13.0. The van der Waals surface area contributed by atoms with Crippen LogP contribution in [0.5, 0.6) is 11.5 Å². The van der Waals surface area contributed by atoms with Crippen molar-refractivity contribution in [2.75, 3.05) is 45.7 Å². The summed E-state index contributed by atoms with van der Waals surface area (Å²) in [6, 6.07) is 10.4. The molecule has 8 heteroatoms. The molecule has 0 saturated carbocycles. The van der Waals surface area contributed by atoms with Crippen LogP contribution in [0.3, 0.4) is 0 Å². The van der Waals surface area contributed by atoms with Gasteiger partial charge in [0, 0.05) is 36.4 Å². The molecule has 1 heterocycles. The molecule has 172 valence electrons. The molecule has 0 unspecified atom stereocenters. The second-order valence-electron chi connectivity index (χ2n) is 7.78. The van der Waals surface area contributed by atoms with Crippen LogP contribution in [0.15, 0.2) is 36.4 Å². The second-order valence-corrected chi connectivity index (χ2v) is 7.78. The minimum atomic E-state index is -0.287. The number of nitrogens with one attached hydrogen (secondary N) is 2. The Morgan fingerprint density at radius 1 is 0.938 bits per heavy atom. The molecule has 1 fully saturated rings. The summed E-state index contributed by atoms with van der Waals surface area (Å²) < 4.78 is 10.6. The Bertz CT molecular complexity index is 942. The summed E-state index contributed by atoms with van der Waals surface area (Å²) >= 11 is 0. The molecule has 3 rings (SSSR count). The molecule has 0 spiro atoms. The van der Waals surface area contributed by atoms with Gasteiger partial charge in [-0.15, -0.1) is 0 Å². The molecule has 8 nitrogen and oxygen atoms in total. The third-order valence-electron chi connectivity index (χ3n) is 5.54. The van der Waals surface area contributed by atoms with Gasteiger partial charge >= 0.3 is 0 Å². The van der Waals surface area contributed by atoms with Crippen molar-refractivity contribution in [1.82, 2.24) is 10.2 Å². The zero-order valence-electron chi connectivity index (χ0n) is 18.8. The number of carbonyl (C=O) groups is 2. The first kappa shape index (κ1) is 23.6. The molecule has 4 N–H and O–H groups in total. The maximum Gasteiger partial charge on any atom is 0.255 e. The molecule has 1 saturated heterocycles. The van der Waals surface area contributed by atoms with Gasteiger partial charge in [0.1, 0.15) is 0 Å². The summed E-state index contributed by atoms with van der Waals surface area (Å²) in [7, 11) is 3.07. The van der Waals surface area contributed by atoms with Gasteiger partial charge < -0.3 is 25.8 Å². The molecule has 2 aromatic carbocycles. The predicted octanol–water partition coefficient (Wildman–Crippen LogP) is 2.63. The quantitative estimate of drug-likeness (QED) is 0.554. The molecular weight excluding hydrogens is 408 g/mol. The number of hydrogen-bond donors (Lipinski definition) is 3. The third kappa shape index (κ3) is 5.99. The number of likely N-dealkylation sites (tertiary alicyclic amines) is 1. The highest BCUT2D eigenvalue weighted by Gasteiger charge is 2.17. The molecule has 32 heavy (non-hydrogen) atoms. The van der Waals surface area contributed by atoms with Crippen LogP contribution in [0.25, 0.3) is 0 Å². The number of carbonyl (C=O) groups excluding carboxylic acids is 2. The van der Waals surface area contributed by atoms with Gasteiger partial charge in [-0.05, 0) is 61.8 Å². The summed E-state index contributed by atoms with van der Waals surface area (Å²) in [6.45, 7) is 3.53. The summed E-state index contributed by atoms with van der Waals surface area (Å²) in [6.07, 6.45) is 3.60. The minimum Gasteiger partial charge on any atom is -0.493 e. The molecule has 2 aromatic rings. The highest BCUT2D eigenvalue weighted by molar-refractivity contribution is 6.06. The number of amides is 2. The van der Waals surface area contributed by atoms with Crippen molar-refractivity contribution in [1.29, 1.82) is 0 Å². The van der Waals surface area contributed by atoms with E-state index >= 15 is 0 Å². The van der Waals surface area contributed by atoms with Crippen molar-refractivity contribution in [3.05, 3.63) is 53.1 Å². The fraction of sp³-hybridized carbons (Fsp3) is 0.417. The fourth-order valence-electron chi connectivity index (χ4n) is 3.79. The first-order valence-electron chi connectivity index (χ1n) is 10.9.